The van der Waals surface area contributed by atoms with Crippen LogP contribution in [0.25, 0.3) is 0 Å². The Morgan fingerprint density at radius 1 is 1.10 bits per heavy atom. The van der Waals surface area contributed by atoms with Crippen LogP contribution < -0.4 is 15.4 Å². The Morgan fingerprint density at radius 3 is 2.45 bits per heavy atom. The summed E-state index contributed by atoms with van der Waals surface area (Å²) in [5, 5.41) is 7.09. The maximum Gasteiger partial charge on any atom is 0.241 e. The topological polar surface area (TPSA) is 66.0 Å². The third kappa shape index (κ3) is 9.36. The largest absolute Gasteiger partial charge is 0.497 e. The highest BCUT2D eigenvalue weighted by molar-refractivity contribution is 14.0. The molecule has 0 heterocycles. The predicted octanol–water partition coefficient (Wildman–Crippen LogP) is 3.33. The number of benzene rings is 2. The van der Waals surface area contributed by atoms with Crippen molar-refractivity contribution in [2.75, 3.05) is 34.3 Å². The Kier molecular flexibility index (Phi) is 11.5. The van der Waals surface area contributed by atoms with Crippen molar-refractivity contribution in [3.8, 4) is 5.75 Å². The van der Waals surface area contributed by atoms with E-state index < -0.39 is 0 Å². The summed E-state index contributed by atoms with van der Waals surface area (Å²) < 4.78 is 5.17. The Hall–Kier alpha value is -2.00. The molecule has 158 valence electrons. The summed E-state index contributed by atoms with van der Waals surface area (Å²) in [4.78, 5) is 18.0. The van der Waals surface area contributed by atoms with Gasteiger partial charge in [-0.15, -0.1) is 24.0 Å². The lowest BCUT2D eigenvalue weighted by Crippen LogP contribution is -2.43. The number of guanidine groups is 1. The van der Waals surface area contributed by atoms with Crippen molar-refractivity contribution in [3.63, 3.8) is 0 Å². The smallest absolute Gasteiger partial charge is 0.241 e. The van der Waals surface area contributed by atoms with Gasteiger partial charge in [0.15, 0.2) is 5.96 Å². The zero-order chi connectivity index (χ0) is 20.4. The maximum atomic E-state index is 11.9. The van der Waals surface area contributed by atoms with E-state index in [-0.39, 0.29) is 36.4 Å². The minimum atomic E-state index is -0.0196. The van der Waals surface area contributed by atoms with Gasteiger partial charge in [0.05, 0.1) is 20.2 Å². The highest BCUT2D eigenvalue weighted by atomic mass is 127. The van der Waals surface area contributed by atoms with E-state index in [2.05, 4.69) is 15.6 Å². The number of nitrogens with one attached hydrogen (secondary N) is 2. The number of methoxy groups -OCH3 is 1. The first-order valence-corrected chi connectivity index (χ1v) is 9.45. The van der Waals surface area contributed by atoms with Gasteiger partial charge >= 0.3 is 0 Å². The van der Waals surface area contributed by atoms with Gasteiger partial charge < -0.3 is 20.3 Å². The lowest BCUT2D eigenvalue weighted by Gasteiger charge is -2.15. The molecule has 0 aliphatic carbocycles. The fraction of sp³-hybridized carbons (Fsp3) is 0.333. The average Bonchev–Trinajstić information content (AvgIpc) is 2.69. The van der Waals surface area contributed by atoms with Crippen LogP contribution >= 0.6 is 35.6 Å². The monoisotopic (exact) mass is 530 g/mol. The molecule has 0 aliphatic heterocycles. The van der Waals surface area contributed by atoms with Crippen molar-refractivity contribution >= 4 is 47.4 Å². The molecular weight excluding hydrogens is 503 g/mol. The average molecular weight is 531 g/mol. The van der Waals surface area contributed by atoms with Crippen molar-refractivity contribution in [2.45, 2.75) is 13.0 Å². The van der Waals surface area contributed by atoms with Gasteiger partial charge in [-0.25, -0.2) is 4.99 Å². The molecule has 0 aliphatic rings. The summed E-state index contributed by atoms with van der Waals surface area (Å²) in [6.07, 6.45) is 0.797. The fourth-order valence-electron chi connectivity index (χ4n) is 2.41. The van der Waals surface area contributed by atoms with Crippen molar-refractivity contribution in [1.82, 2.24) is 15.5 Å². The van der Waals surface area contributed by atoms with Gasteiger partial charge in [0, 0.05) is 25.7 Å². The van der Waals surface area contributed by atoms with Gasteiger partial charge in [-0.05, 0) is 41.8 Å². The molecule has 0 aromatic heterocycles. The third-order valence-electron chi connectivity index (χ3n) is 4.08. The number of halogens is 2. The highest BCUT2D eigenvalue weighted by Gasteiger charge is 2.06. The van der Waals surface area contributed by atoms with Crippen molar-refractivity contribution in [1.29, 1.82) is 0 Å². The number of nitrogens with zero attached hydrogens (tertiary/aromatic N) is 2. The molecule has 8 heteroatoms. The number of carbonyl (C=O) groups is 1. The van der Waals surface area contributed by atoms with Crippen LogP contribution in [0.4, 0.5) is 0 Å². The number of hydrogen-bond acceptors (Lipinski definition) is 3. The van der Waals surface area contributed by atoms with Crippen LogP contribution in [-0.4, -0.2) is 51.1 Å². The van der Waals surface area contributed by atoms with E-state index in [0.717, 1.165) is 28.3 Å². The second-order valence-corrected chi connectivity index (χ2v) is 6.90. The predicted molar refractivity (Wildman–Crippen MR) is 129 cm³/mol. The summed E-state index contributed by atoms with van der Waals surface area (Å²) >= 11 is 6.03. The highest BCUT2D eigenvalue weighted by Crippen LogP contribution is 2.12. The van der Waals surface area contributed by atoms with Gasteiger partial charge in [-0.3, -0.25) is 4.79 Å². The SMILES string of the molecule is COc1ccc(CN=C(NCCc2cccc(Cl)c2)NCC(=O)N(C)C)cc1.I. The second kappa shape index (κ2) is 13.3. The molecule has 0 atom stereocenters. The first-order chi connectivity index (χ1) is 13.5. The van der Waals surface area contributed by atoms with E-state index in [0.29, 0.717) is 19.0 Å². The summed E-state index contributed by atoms with van der Waals surface area (Å²) in [6.45, 7) is 1.34. The summed E-state index contributed by atoms with van der Waals surface area (Å²) in [5.74, 6) is 1.38. The minimum Gasteiger partial charge on any atom is -0.497 e. The Balaban J connectivity index is 0.00000420. The van der Waals surface area contributed by atoms with Gasteiger partial charge in [0.1, 0.15) is 5.75 Å². The lowest BCUT2D eigenvalue weighted by atomic mass is 10.1. The van der Waals surface area contributed by atoms with Crippen molar-refractivity contribution in [2.24, 2.45) is 4.99 Å². The molecule has 6 nitrogen and oxygen atoms in total. The number of ether oxygens (including phenoxy) is 1. The zero-order valence-corrected chi connectivity index (χ0v) is 20.0. The van der Waals surface area contributed by atoms with Crippen LogP contribution in [0.5, 0.6) is 5.75 Å². The number of carbonyl (C=O) groups excluding carboxylic acids is 1. The molecule has 2 rings (SSSR count). The fourth-order valence-corrected chi connectivity index (χ4v) is 2.62. The molecule has 0 fully saturated rings. The molecular formula is C21H28ClIN4O2. The molecule has 0 bridgehead atoms. The molecule has 0 saturated heterocycles. The molecule has 1 amide bonds. The van der Waals surface area contributed by atoms with Crippen LogP contribution in [0.1, 0.15) is 11.1 Å². The van der Waals surface area contributed by atoms with Gasteiger partial charge in [-0.1, -0.05) is 35.9 Å². The Bertz CT molecular complexity index is 798. The van der Waals surface area contributed by atoms with E-state index >= 15 is 0 Å². The molecule has 0 unspecified atom stereocenters. The standard InChI is InChI=1S/C21H27ClN4O2.HI/c1-26(2)20(27)15-25-21(23-12-11-16-5-4-6-18(22)13-16)24-14-17-7-9-19(28-3)10-8-17;/h4-10,13H,11-12,14-15H2,1-3H3,(H2,23,24,25);1H. The normalized spacial score (nSPS) is 10.7. The van der Waals surface area contributed by atoms with Crippen LogP contribution in [0.15, 0.2) is 53.5 Å². The molecule has 0 radical (unpaired) electrons. The maximum absolute atomic E-state index is 11.9. The number of rotatable bonds is 8. The Labute approximate surface area is 194 Å². The molecule has 2 aromatic rings. The van der Waals surface area contributed by atoms with E-state index in [4.69, 9.17) is 16.3 Å². The summed E-state index contributed by atoms with van der Waals surface area (Å²) in [5.41, 5.74) is 2.19. The second-order valence-electron chi connectivity index (χ2n) is 6.46. The van der Waals surface area contributed by atoms with Crippen molar-refractivity contribution in [3.05, 3.63) is 64.7 Å². The van der Waals surface area contributed by atoms with Gasteiger partial charge in [0.25, 0.3) is 0 Å². The van der Waals surface area contributed by atoms with E-state index in [9.17, 15) is 4.79 Å². The van der Waals surface area contributed by atoms with E-state index in [1.807, 2.05) is 48.5 Å². The van der Waals surface area contributed by atoms with Gasteiger partial charge in [-0.2, -0.15) is 0 Å². The number of hydrogen-bond donors (Lipinski definition) is 2. The van der Waals surface area contributed by atoms with Crippen LogP contribution in [0.3, 0.4) is 0 Å². The van der Waals surface area contributed by atoms with Crippen molar-refractivity contribution < 1.29 is 9.53 Å². The Morgan fingerprint density at radius 2 is 1.83 bits per heavy atom. The molecule has 2 aromatic carbocycles. The number of aliphatic imine (C=N–C) groups is 1. The zero-order valence-electron chi connectivity index (χ0n) is 16.9. The molecule has 2 N–H and O–H groups in total. The molecule has 29 heavy (non-hydrogen) atoms. The van der Waals surface area contributed by atoms with E-state index in [1.54, 1.807) is 26.1 Å². The first kappa shape index (κ1) is 25.0. The quantitative estimate of drug-likeness (QED) is 0.312. The lowest BCUT2D eigenvalue weighted by molar-refractivity contribution is -0.127. The van der Waals surface area contributed by atoms with E-state index in [1.165, 1.54) is 0 Å². The van der Waals surface area contributed by atoms with Gasteiger partial charge in [0.2, 0.25) is 5.91 Å². The summed E-state index contributed by atoms with van der Waals surface area (Å²) in [6, 6.07) is 15.5. The minimum absolute atomic E-state index is 0. The number of likely N-dealkylation sites (N-methyl/N-ethyl adjacent to an activating group) is 1. The third-order valence-corrected chi connectivity index (χ3v) is 4.31. The van der Waals surface area contributed by atoms with Crippen LogP contribution in [-0.2, 0) is 17.8 Å². The molecule has 0 saturated carbocycles. The van der Waals surface area contributed by atoms with Crippen LogP contribution in [0.2, 0.25) is 5.02 Å². The molecule has 0 spiro atoms. The first-order valence-electron chi connectivity index (χ1n) is 9.07. The summed E-state index contributed by atoms with van der Waals surface area (Å²) in [7, 11) is 5.09. The number of amides is 1. The van der Waals surface area contributed by atoms with Crippen LogP contribution in [0, 0.1) is 0 Å².